The van der Waals surface area contributed by atoms with Gasteiger partial charge in [-0.15, -0.1) is 0 Å². The average Bonchev–Trinajstić information content (AvgIpc) is 3.05. The van der Waals surface area contributed by atoms with Gasteiger partial charge in [0.25, 0.3) is 0 Å². The normalized spacial score (nSPS) is 12.8. The number of nitrogens with one attached hydrogen (secondary N) is 1. The lowest BCUT2D eigenvalue weighted by molar-refractivity contribution is 0.321. The monoisotopic (exact) mass is 427 g/mol. The van der Waals surface area contributed by atoms with Crippen LogP contribution in [0.5, 0.6) is 0 Å². The van der Waals surface area contributed by atoms with E-state index in [1.165, 1.54) is 12.3 Å². The van der Waals surface area contributed by atoms with Gasteiger partial charge in [0.2, 0.25) is 0 Å². The van der Waals surface area contributed by atoms with Gasteiger partial charge in [-0.25, -0.2) is 4.98 Å². The van der Waals surface area contributed by atoms with Crippen molar-refractivity contribution in [1.82, 2.24) is 14.6 Å². The van der Waals surface area contributed by atoms with Crippen LogP contribution in [0, 0.1) is 0 Å². The molecule has 0 atom stereocenters. The van der Waals surface area contributed by atoms with Gasteiger partial charge in [-0.2, -0.15) is 9.61 Å². The van der Waals surface area contributed by atoms with Crippen LogP contribution in [0.3, 0.4) is 0 Å². The highest BCUT2D eigenvalue weighted by Gasteiger charge is 2.11. The van der Waals surface area contributed by atoms with E-state index in [4.69, 9.17) is 5.21 Å². The summed E-state index contributed by atoms with van der Waals surface area (Å²) in [6.45, 7) is 1.93. The number of halogens is 1. The minimum atomic E-state index is 0.160. The summed E-state index contributed by atoms with van der Waals surface area (Å²) >= 11 is 3.48. The van der Waals surface area contributed by atoms with Crippen molar-refractivity contribution >= 4 is 33.6 Å². The van der Waals surface area contributed by atoms with Gasteiger partial charge in [0.15, 0.2) is 5.65 Å². The van der Waals surface area contributed by atoms with Gasteiger partial charge in [-0.3, -0.25) is 0 Å². The van der Waals surface area contributed by atoms with Crippen LogP contribution in [0.25, 0.3) is 16.9 Å². The molecule has 0 saturated carbocycles. The Labute approximate surface area is 164 Å². The molecule has 0 radical (unpaired) electrons. The zero-order chi connectivity index (χ0) is 19.2. The Morgan fingerprint density at radius 1 is 1.30 bits per heavy atom. The Balaban J connectivity index is 1.98. The lowest BCUT2D eigenvalue weighted by Gasteiger charge is -2.11. The third kappa shape index (κ3) is 4.53. The molecule has 0 bridgehead atoms. The summed E-state index contributed by atoms with van der Waals surface area (Å²) in [5, 5.41) is 28.9. The predicted molar refractivity (Wildman–Crippen MR) is 109 cm³/mol. The summed E-state index contributed by atoms with van der Waals surface area (Å²) in [5.41, 5.74) is 3.15. The summed E-state index contributed by atoms with van der Waals surface area (Å²) in [6, 6.07) is 11.8. The first-order valence-corrected chi connectivity index (χ1v) is 8.95. The molecule has 0 amide bonds. The summed E-state index contributed by atoms with van der Waals surface area (Å²) in [4.78, 5) is 4.68. The van der Waals surface area contributed by atoms with Crippen molar-refractivity contribution in [3.8, 4) is 11.3 Å². The van der Waals surface area contributed by atoms with Crippen LogP contribution in [-0.2, 0) is 0 Å². The molecule has 7 nitrogen and oxygen atoms in total. The average molecular weight is 428 g/mol. The molecular formula is C19H18BrN5O2. The number of nitrogens with zero attached hydrogens (tertiary/aromatic N) is 4. The number of oxime groups is 1. The summed E-state index contributed by atoms with van der Waals surface area (Å²) < 4.78 is 2.48. The summed E-state index contributed by atoms with van der Waals surface area (Å²) in [6.07, 6.45) is 6.19. The van der Waals surface area contributed by atoms with Crippen molar-refractivity contribution in [3.05, 3.63) is 70.6 Å². The number of hydrogen-bond donors (Lipinski definition) is 3. The number of aliphatic hydroxyl groups is 1. The molecule has 0 aliphatic heterocycles. The number of benzene rings is 1. The number of aliphatic hydroxyl groups excluding tert-OH is 1. The van der Waals surface area contributed by atoms with Crippen LogP contribution in [0.2, 0.25) is 0 Å². The molecule has 0 saturated heterocycles. The molecule has 0 fully saturated rings. The maximum atomic E-state index is 9.32. The smallest absolute Gasteiger partial charge is 0.172 e. The highest BCUT2D eigenvalue weighted by molar-refractivity contribution is 9.10. The number of allylic oxidation sites excluding steroid dienone is 3. The van der Waals surface area contributed by atoms with Gasteiger partial charge in [-0.1, -0.05) is 41.6 Å². The molecule has 0 aliphatic carbocycles. The predicted octanol–water partition coefficient (Wildman–Crippen LogP) is 4.42. The minimum absolute atomic E-state index is 0.160. The van der Waals surface area contributed by atoms with Crippen molar-refractivity contribution in [1.29, 1.82) is 0 Å². The van der Waals surface area contributed by atoms with Crippen molar-refractivity contribution in [2.24, 2.45) is 5.16 Å². The second kappa shape index (κ2) is 8.50. The van der Waals surface area contributed by atoms with Crippen LogP contribution in [0.1, 0.15) is 6.92 Å². The van der Waals surface area contributed by atoms with E-state index in [9.17, 15) is 5.11 Å². The Morgan fingerprint density at radius 3 is 2.78 bits per heavy atom. The Kier molecular flexibility index (Phi) is 5.87. The minimum Gasteiger partial charge on any atom is -0.513 e. The third-order valence-corrected chi connectivity index (χ3v) is 4.29. The summed E-state index contributed by atoms with van der Waals surface area (Å²) in [7, 11) is 0. The second-order valence-electron chi connectivity index (χ2n) is 5.77. The molecular weight excluding hydrogens is 410 g/mol. The van der Waals surface area contributed by atoms with Crippen molar-refractivity contribution < 1.29 is 10.3 Å². The number of hydrogen-bond acceptors (Lipinski definition) is 6. The van der Waals surface area contributed by atoms with E-state index in [1.54, 1.807) is 23.7 Å². The first kappa shape index (κ1) is 18.7. The van der Waals surface area contributed by atoms with Gasteiger partial charge in [-0.05, 0) is 34.5 Å². The topological polar surface area (TPSA) is 95.0 Å². The molecule has 2 aromatic heterocycles. The number of fused-ring (bicyclic) bond motifs is 1. The fourth-order valence-electron chi connectivity index (χ4n) is 2.46. The van der Waals surface area contributed by atoms with Crippen LogP contribution in [-0.4, -0.2) is 37.7 Å². The van der Waals surface area contributed by atoms with E-state index in [-0.39, 0.29) is 5.76 Å². The first-order chi connectivity index (χ1) is 13.1. The highest BCUT2D eigenvalue weighted by Crippen LogP contribution is 2.25. The number of anilines is 1. The van der Waals surface area contributed by atoms with E-state index >= 15 is 0 Å². The second-order valence-corrected chi connectivity index (χ2v) is 6.62. The molecule has 2 heterocycles. The standard InChI is InChI=1S/C19H18BrN5O2/c1-13(26)7-8-14(11-23-27)10-21-18-9-17(15-5-3-2-4-6-15)24-19-16(20)12-22-25(18)19/h2-9,11-12,21,26-27H,10H2,1H3/b13-7+,14-8-,23-11+. The molecule has 3 rings (SSSR count). The number of rotatable bonds is 6. The molecule has 3 N–H and O–H groups in total. The quantitative estimate of drug-likeness (QED) is 0.178. The highest BCUT2D eigenvalue weighted by atomic mass is 79.9. The Hall–Kier alpha value is -3.13. The molecule has 0 unspecified atom stereocenters. The van der Waals surface area contributed by atoms with Gasteiger partial charge >= 0.3 is 0 Å². The maximum absolute atomic E-state index is 9.32. The molecule has 1 aromatic carbocycles. The molecule has 3 aromatic rings. The lowest BCUT2D eigenvalue weighted by atomic mass is 10.1. The molecule has 138 valence electrons. The van der Waals surface area contributed by atoms with Gasteiger partial charge in [0.1, 0.15) is 5.82 Å². The van der Waals surface area contributed by atoms with E-state index in [0.717, 1.165) is 21.5 Å². The van der Waals surface area contributed by atoms with E-state index < -0.39 is 0 Å². The van der Waals surface area contributed by atoms with E-state index in [2.05, 4.69) is 36.5 Å². The first-order valence-electron chi connectivity index (χ1n) is 8.16. The zero-order valence-electron chi connectivity index (χ0n) is 14.5. The lowest BCUT2D eigenvalue weighted by Crippen LogP contribution is -2.10. The van der Waals surface area contributed by atoms with E-state index in [1.807, 2.05) is 36.4 Å². The van der Waals surface area contributed by atoms with Crippen LogP contribution < -0.4 is 5.32 Å². The molecule has 0 spiro atoms. The third-order valence-electron chi connectivity index (χ3n) is 3.73. The van der Waals surface area contributed by atoms with Crippen LogP contribution >= 0.6 is 15.9 Å². The summed E-state index contributed by atoms with van der Waals surface area (Å²) in [5.74, 6) is 0.888. The maximum Gasteiger partial charge on any atom is 0.172 e. The Bertz CT molecular complexity index is 1020. The fourth-order valence-corrected chi connectivity index (χ4v) is 2.81. The van der Waals surface area contributed by atoms with Gasteiger partial charge in [0.05, 0.1) is 28.3 Å². The fraction of sp³-hybridized carbons (Fsp3) is 0.105. The van der Waals surface area contributed by atoms with Gasteiger partial charge in [0, 0.05) is 18.2 Å². The largest absolute Gasteiger partial charge is 0.513 e. The number of aromatic nitrogens is 3. The Morgan fingerprint density at radius 2 is 2.07 bits per heavy atom. The van der Waals surface area contributed by atoms with Crippen LogP contribution in [0.4, 0.5) is 5.82 Å². The van der Waals surface area contributed by atoms with E-state index in [0.29, 0.717) is 17.8 Å². The van der Waals surface area contributed by atoms with Crippen molar-refractivity contribution in [2.75, 3.05) is 11.9 Å². The SMILES string of the molecule is C\C(O)=C/C=C(\C=N\O)CNc1cc(-c2ccccc2)nc2c(Br)cnn12. The van der Waals surface area contributed by atoms with Crippen molar-refractivity contribution in [2.45, 2.75) is 6.92 Å². The molecule has 8 heteroatoms. The zero-order valence-corrected chi connectivity index (χ0v) is 16.1. The molecule has 27 heavy (non-hydrogen) atoms. The molecule has 0 aliphatic rings. The van der Waals surface area contributed by atoms with Gasteiger partial charge < -0.3 is 15.6 Å². The van der Waals surface area contributed by atoms with Crippen LogP contribution in [0.15, 0.2) is 75.7 Å². The van der Waals surface area contributed by atoms with Crippen molar-refractivity contribution in [3.63, 3.8) is 0 Å².